The van der Waals surface area contributed by atoms with Crippen LogP contribution in [0.2, 0.25) is 5.02 Å². The molecule has 0 radical (unpaired) electrons. The molecule has 0 aliphatic rings. The van der Waals surface area contributed by atoms with Crippen molar-refractivity contribution in [1.82, 2.24) is 9.13 Å². The van der Waals surface area contributed by atoms with Crippen LogP contribution in [0.5, 0.6) is 5.88 Å². The number of hydrogen-bond acceptors (Lipinski definition) is 5. The Balaban J connectivity index is 2.52. The third-order valence-corrected chi connectivity index (χ3v) is 2.95. The molecule has 0 aliphatic heterocycles. The maximum Gasteiger partial charge on any atom is 0.333 e. The van der Waals surface area contributed by atoms with Gasteiger partial charge in [-0.3, -0.25) is 13.9 Å². The molecule has 8 heteroatoms. The van der Waals surface area contributed by atoms with Gasteiger partial charge in [0.15, 0.2) is 0 Å². The predicted octanol–water partition coefficient (Wildman–Crippen LogP) is 1.86. The highest BCUT2D eigenvalue weighted by atomic mass is 35.5. The van der Waals surface area contributed by atoms with Crippen molar-refractivity contribution >= 4 is 23.0 Å². The summed E-state index contributed by atoms with van der Waals surface area (Å²) in [4.78, 5) is 23.4. The third-order valence-electron chi connectivity index (χ3n) is 2.70. The average Bonchev–Trinajstić information content (AvgIpc) is 2.45. The maximum absolute atomic E-state index is 11.9. The SMILES string of the molecule is Cn1c(O)c(N=Nc2ccc(Cl)cc2)c(=O)n(C)c1=O. The highest BCUT2D eigenvalue weighted by Crippen LogP contribution is 2.22. The Kier molecular flexibility index (Phi) is 3.71. The second-order valence-electron chi connectivity index (χ2n) is 4.05. The molecule has 0 saturated heterocycles. The first kappa shape index (κ1) is 14.0. The molecule has 0 bridgehead atoms. The zero-order valence-corrected chi connectivity index (χ0v) is 11.5. The zero-order chi connectivity index (χ0) is 14.9. The Bertz CT molecular complexity index is 790. The third kappa shape index (κ3) is 2.48. The van der Waals surface area contributed by atoms with Gasteiger partial charge in [-0.2, -0.15) is 5.11 Å². The number of benzene rings is 1. The summed E-state index contributed by atoms with van der Waals surface area (Å²) in [5.41, 5.74) is -1.20. The van der Waals surface area contributed by atoms with Crippen LogP contribution in [0.4, 0.5) is 11.4 Å². The van der Waals surface area contributed by atoms with E-state index in [1.165, 1.54) is 14.1 Å². The van der Waals surface area contributed by atoms with Gasteiger partial charge in [0.25, 0.3) is 5.56 Å². The van der Waals surface area contributed by atoms with Gasteiger partial charge in [0.1, 0.15) is 0 Å². The highest BCUT2D eigenvalue weighted by molar-refractivity contribution is 6.30. The summed E-state index contributed by atoms with van der Waals surface area (Å²) < 4.78 is 1.76. The van der Waals surface area contributed by atoms with E-state index < -0.39 is 17.1 Å². The number of rotatable bonds is 2. The van der Waals surface area contributed by atoms with Crippen LogP contribution >= 0.6 is 11.6 Å². The average molecular weight is 295 g/mol. The van der Waals surface area contributed by atoms with Gasteiger partial charge in [-0.1, -0.05) is 11.6 Å². The summed E-state index contributed by atoms with van der Waals surface area (Å²) >= 11 is 5.73. The Morgan fingerprint density at radius 1 is 1.05 bits per heavy atom. The first-order valence-electron chi connectivity index (χ1n) is 5.58. The number of hydrogen-bond donors (Lipinski definition) is 1. The molecule has 0 amide bonds. The maximum atomic E-state index is 11.9. The first-order valence-corrected chi connectivity index (χ1v) is 5.96. The Labute approximate surface area is 118 Å². The topological polar surface area (TPSA) is 88.9 Å². The molecule has 7 nitrogen and oxygen atoms in total. The van der Waals surface area contributed by atoms with Crippen molar-refractivity contribution < 1.29 is 5.11 Å². The monoisotopic (exact) mass is 294 g/mol. The minimum absolute atomic E-state index is 0.301. The molecule has 0 atom stereocenters. The van der Waals surface area contributed by atoms with Crippen LogP contribution in [-0.4, -0.2) is 14.2 Å². The minimum Gasteiger partial charge on any atom is -0.493 e. The summed E-state index contributed by atoms with van der Waals surface area (Å²) in [6, 6.07) is 6.45. The molecule has 0 aliphatic carbocycles. The van der Waals surface area contributed by atoms with Gasteiger partial charge in [0.2, 0.25) is 11.6 Å². The molecule has 1 heterocycles. The van der Waals surface area contributed by atoms with Crippen molar-refractivity contribution in [2.45, 2.75) is 0 Å². The molecule has 1 aromatic heterocycles. The second-order valence-corrected chi connectivity index (χ2v) is 4.49. The zero-order valence-electron chi connectivity index (χ0n) is 10.7. The standard InChI is InChI=1S/C12H11ClN4O3/c1-16-10(18)9(11(19)17(2)12(16)20)15-14-8-5-3-7(13)4-6-8/h3-6,18H,1-2H3. The van der Waals surface area contributed by atoms with Crippen LogP contribution in [0, 0.1) is 0 Å². The molecule has 20 heavy (non-hydrogen) atoms. The van der Waals surface area contributed by atoms with Gasteiger partial charge in [-0.05, 0) is 24.3 Å². The lowest BCUT2D eigenvalue weighted by atomic mass is 10.3. The van der Waals surface area contributed by atoms with Crippen LogP contribution in [0.25, 0.3) is 0 Å². The van der Waals surface area contributed by atoms with Crippen LogP contribution in [0.15, 0.2) is 44.1 Å². The van der Waals surface area contributed by atoms with Crippen molar-refractivity contribution in [3.63, 3.8) is 0 Å². The summed E-state index contributed by atoms with van der Waals surface area (Å²) in [6.45, 7) is 0. The van der Waals surface area contributed by atoms with Crippen molar-refractivity contribution in [2.75, 3.05) is 0 Å². The van der Waals surface area contributed by atoms with E-state index in [1.54, 1.807) is 24.3 Å². The van der Waals surface area contributed by atoms with E-state index >= 15 is 0 Å². The minimum atomic E-state index is -0.719. The summed E-state index contributed by atoms with van der Waals surface area (Å²) in [5.74, 6) is -0.532. The molecule has 0 fully saturated rings. The smallest absolute Gasteiger partial charge is 0.333 e. The van der Waals surface area contributed by atoms with Crippen molar-refractivity contribution in [2.24, 2.45) is 24.3 Å². The Morgan fingerprint density at radius 2 is 1.65 bits per heavy atom. The molecule has 0 unspecified atom stereocenters. The lowest BCUT2D eigenvalue weighted by Crippen LogP contribution is -2.36. The van der Waals surface area contributed by atoms with E-state index in [9.17, 15) is 14.7 Å². The predicted molar refractivity (Wildman–Crippen MR) is 74.2 cm³/mol. The van der Waals surface area contributed by atoms with E-state index in [1.807, 2.05) is 0 Å². The molecule has 2 aromatic rings. The fraction of sp³-hybridized carbons (Fsp3) is 0.167. The largest absolute Gasteiger partial charge is 0.493 e. The first-order chi connectivity index (χ1) is 9.41. The Morgan fingerprint density at radius 3 is 2.25 bits per heavy atom. The highest BCUT2D eigenvalue weighted by Gasteiger charge is 2.14. The lowest BCUT2D eigenvalue weighted by Gasteiger charge is -2.06. The second kappa shape index (κ2) is 5.30. The number of halogens is 1. The number of nitrogens with zero attached hydrogens (tertiary/aromatic N) is 4. The summed E-state index contributed by atoms with van der Waals surface area (Å²) in [7, 11) is 2.63. The van der Waals surface area contributed by atoms with Crippen molar-refractivity contribution in [3.05, 3.63) is 50.1 Å². The van der Waals surface area contributed by atoms with E-state index in [2.05, 4.69) is 10.2 Å². The normalized spacial score (nSPS) is 11.2. The van der Waals surface area contributed by atoms with Gasteiger partial charge in [0, 0.05) is 19.1 Å². The van der Waals surface area contributed by atoms with E-state index in [4.69, 9.17) is 11.6 Å². The van der Waals surface area contributed by atoms with Crippen LogP contribution in [0.1, 0.15) is 0 Å². The van der Waals surface area contributed by atoms with Crippen LogP contribution in [0.3, 0.4) is 0 Å². The molecular formula is C12H11ClN4O3. The number of azo groups is 1. The van der Waals surface area contributed by atoms with Gasteiger partial charge >= 0.3 is 5.69 Å². The van der Waals surface area contributed by atoms with Crippen molar-refractivity contribution in [1.29, 1.82) is 0 Å². The molecule has 104 valence electrons. The van der Waals surface area contributed by atoms with E-state index in [0.717, 1.165) is 9.13 Å². The van der Waals surface area contributed by atoms with Crippen LogP contribution in [-0.2, 0) is 14.1 Å². The van der Waals surface area contributed by atoms with Crippen molar-refractivity contribution in [3.8, 4) is 5.88 Å². The number of aromatic nitrogens is 2. The molecule has 1 aromatic carbocycles. The van der Waals surface area contributed by atoms with Gasteiger partial charge in [-0.25, -0.2) is 4.79 Å². The lowest BCUT2D eigenvalue weighted by molar-refractivity contribution is 0.413. The molecule has 2 rings (SSSR count). The molecule has 0 spiro atoms. The molecule has 1 N–H and O–H groups in total. The Hall–Kier alpha value is -2.41. The summed E-state index contributed by atoms with van der Waals surface area (Å²) in [6.07, 6.45) is 0. The quantitative estimate of drug-likeness (QED) is 0.857. The van der Waals surface area contributed by atoms with E-state index in [0.29, 0.717) is 10.7 Å². The molecule has 0 saturated carbocycles. The molecular weight excluding hydrogens is 284 g/mol. The number of aromatic hydroxyl groups is 1. The van der Waals surface area contributed by atoms with Gasteiger partial charge in [0.05, 0.1) is 5.69 Å². The van der Waals surface area contributed by atoms with Gasteiger partial charge < -0.3 is 5.11 Å². The summed E-state index contributed by atoms with van der Waals surface area (Å²) in [5, 5.41) is 17.9. The fourth-order valence-corrected chi connectivity index (χ4v) is 1.64. The van der Waals surface area contributed by atoms with Gasteiger partial charge in [-0.15, -0.1) is 5.11 Å². The fourth-order valence-electron chi connectivity index (χ4n) is 1.52. The van der Waals surface area contributed by atoms with E-state index in [-0.39, 0.29) is 5.69 Å². The van der Waals surface area contributed by atoms with Crippen LogP contribution < -0.4 is 11.2 Å².